The molecule has 1 saturated heterocycles. The monoisotopic (exact) mass is 160 g/mol. The summed E-state index contributed by atoms with van der Waals surface area (Å²) in [6.45, 7) is 5.09. The first-order chi connectivity index (χ1) is 4.66. The van der Waals surface area contributed by atoms with E-state index in [1.807, 2.05) is 11.9 Å². The highest BCUT2D eigenvalue weighted by Gasteiger charge is 2.27. The van der Waals surface area contributed by atoms with Crippen LogP contribution in [0.1, 0.15) is 19.8 Å². The molecule has 1 rings (SSSR count). The third kappa shape index (κ3) is 1.89. The van der Waals surface area contributed by atoms with Gasteiger partial charge >= 0.3 is 0 Å². The Labute approximate surface area is 68.5 Å². The number of likely N-dealkylation sites (tertiary alicyclic amines) is 1. The molecule has 0 aliphatic carbocycles. The Morgan fingerprint density at radius 3 is 2.20 bits per heavy atom. The second-order valence-electron chi connectivity index (χ2n) is 3.61. The van der Waals surface area contributed by atoms with Crippen LogP contribution in [0.4, 0.5) is 0 Å². The van der Waals surface area contributed by atoms with Crippen molar-refractivity contribution in [2.24, 2.45) is 5.92 Å². The largest absolute Gasteiger partial charge is 0.264 e. The minimum Gasteiger partial charge on any atom is -0.264 e. The first-order valence-electron chi connectivity index (χ1n) is 4.06. The normalized spacial score (nSPS) is 41.7. The van der Waals surface area contributed by atoms with Crippen LogP contribution < -0.4 is 0 Å². The first kappa shape index (κ1) is 8.41. The van der Waals surface area contributed by atoms with Crippen LogP contribution in [0.5, 0.6) is 0 Å². The van der Waals surface area contributed by atoms with Gasteiger partial charge in [0.05, 0.1) is 32.1 Å². The van der Waals surface area contributed by atoms with E-state index in [-0.39, 0.29) is 0 Å². The predicted molar refractivity (Wildman–Crippen MR) is 47.8 cm³/mol. The van der Waals surface area contributed by atoms with Crippen molar-refractivity contribution in [2.75, 3.05) is 26.4 Å². The Morgan fingerprint density at radius 1 is 1.30 bits per heavy atom. The summed E-state index contributed by atoms with van der Waals surface area (Å²) in [4.78, 5) is 0. The van der Waals surface area contributed by atoms with Crippen molar-refractivity contribution >= 4 is 11.9 Å². The quantitative estimate of drug-likeness (QED) is 0.418. The summed E-state index contributed by atoms with van der Waals surface area (Å²) in [5.41, 5.74) is 0. The van der Waals surface area contributed by atoms with Crippen LogP contribution in [0.2, 0.25) is 0 Å². The summed E-state index contributed by atoms with van der Waals surface area (Å²) < 4.78 is 1.23. The highest BCUT2D eigenvalue weighted by molar-refractivity contribution is 7.93. The van der Waals surface area contributed by atoms with Crippen molar-refractivity contribution in [1.29, 1.82) is 0 Å². The first-order valence-corrected chi connectivity index (χ1v) is 5.25. The molecule has 10 heavy (non-hydrogen) atoms. The molecule has 0 saturated carbocycles. The zero-order valence-corrected chi connectivity index (χ0v) is 8.08. The second-order valence-corrected chi connectivity index (χ2v) is 4.86. The Bertz CT molecular complexity index is 106. The lowest BCUT2D eigenvalue weighted by molar-refractivity contribution is -0.781. The number of quaternary nitrogens is 1. The summed E-state index contributed by atoms with van der Waals surface area (Å²) in [6, 6.07) is 0. The van der Waals surface area contributed by atoms with E-state index >= 15 is 0 Å². The second kappa shape index (κ2) is 3.14. The molecule has 1 aliphatic heterocycles. The minimum absolute atomic E-state index is 0.971. The number of nitrogens with zero attached hydrogens (tertiary/aromatic N) is 1. The predicted octanol–water partition coefficient (Wildman–Crippen LogP) is 2.14. The van der Waals surface area contributed by atoms with Crippen LogP contribution in [0.25, 0.3) is 0 Å². The Morgan fingerprint density at radius 2 is 1.80 bits per heavy atom. The van der Waals surface area contributed by atoms with Crippen LogP contribution in [0.15, 0.2) is 0 Å². The van der Waals surface area contributed by atoms with Crippen LogP contribution in [0.3, 0.4) is 0 Å². The van der Waals surface area contributed by atoms with Gasteiger partial charge in [-0.05, 0) is 5.92 Å². The van der Waals surface area contributed by atoms with Crippen LogP contribution in [-0.2, 0) is 0 Å². The van der Waals surface area contributed by atoms with E-state index < -0.39 is 0 Å². The lowest BCUT2D eigenvalue weighted by Gasteiger charge is -2.36. The van der Waals surface area contributed by atoms with Crippen molar-refractivity contribution in [3.63, 3.8) is 0 Å². The Kier molecular flexibility index (Phi) is 2.64. The van der Waals surface area contributed by atoms with Gasteiger partial charge in [0.15, 0.2) is 0 Å². The van der Waals surface area contributed by atoms with Gasteiger partial charge in [0.25, 0.3) is 0 Å². The molecule has 0 unspecified atom stereocenters. The molecule has 1 heterocycles. The van der Waals surface area contributed by atoms with Gasteiger partial charge in [-0.1, -0.05) is 6.92 Å². The topological polar surface area (TPSA) is 0 Å². The standard InChI is InChI=1S/C8H18NS/c1-8-4-6-9(2,10-3)7-5-8/h8H,4-7H2,1-3H3/q+1. The number of hydrogen-bond donors (Lipinski definition) is 0. The molecule has 0 aromatic carbocycles. The highest BCUT2D eigenvalue weighted by Crippen LogP contribution is 2.27. The average molecular weight is 160 g/mol. The van der Waals surface area contributed by atoms with Gasteiger partial charge in [0, 0.05) is 19.1 Å². The van der Waals surface area contributed by atoms with Crippen molar-refractivity contribution in [1.82, 2.24) is 0 Å². The number of hydrogen-bond acceptors (Lipinski definition) is 1. The van der Waals surface area contributed by atoms with Gasteiger partial charge in [-0.2, -0.15) is 0 Å². The van der Waals surface area contributed by atoms with Crippen molar-refractivity contribution in [2.45, 2.75) is 19.8 Å². The molecule has 0 radical (unpaired) electrons. The lowest BCUT2D eigenvalue weighted by Crippen LogP contribution is -2.42. The van der Waals surface area contributed by atoms with Gasteiger partial charge in [0.1, 0.15) is 0 Å². The maximum Gasteiger partial charge on any atom is 0.0892 e. The minimum atomic E-state index is 0.971. The molecule has 1 aliphatic rings. The van der Waals surface area contributed by atoms with Gasteiger partial charge < -0.3 is 0 Å². The summed E-state index contributed by atoms with van der Waals surface area (Å²) >= 11 is 1.99. The van der Waals surface area contributed by atoms with Gasteiger partial charge in [-0.3, -0.25) is 3.89 Å². The van der Waals surface area contributed by atoms with Crippen molar-refractivity contribution in [3.05, 3.63) is 0 Å². The third-order valence-electron chi connectivity index (χ3n) is 2.63. The molecule has 0 aromatic heterocycles. The molecular weight excluding hydrogens is 142 g/mol. The molecule has 1 nitrogen and oxygen atoms in total. The van der Waals surface area contributed by atoms with E-state index in [1.165, 1.54) is 29.8 Å². The van der Waals surface area contributed by atoms with E-state index in [0.717, 1.165) is 5.92 Å². The number of piperidine rings is 1. The molecule has 60 valence electrons. The number of rotatable bonds is 1. The zero-order valence-electron chi connectivity index (χ0n) is 7.26. The zero-order chi connectivity index (χ0) is 7.61. The lowest BCUT2D eigenvalue weighted by atomic mass is 10.00. The highest BCUT2D eigenvalue weighted by atomic mass is 32.2. The Balaban J connectivity index is 2.38. The SMILES string of the molecule is CS[N+]1(C)CCC(C)CC1. The van der Waals surface area contributed by atoms with Crippen molar-refractivity contribution < 1.29 is 3.89 Å². The molecule has 0 aromatic rings. The summed E-state index contributed by atoms with van der Waals surface area (Å²) in [5, 5.41) is 0. The smallest absolute Gasteiger partial charge is 0.0892 e. The third-order valence-corrected chi connectivity index (χ3v) is 3.88. The fourth-order valence-electron chi connectivity index (χ4n) is 1.43. The molecule has 0 N–H and O–H groups in total. The van der Waals surface area contributed by atoms with E-state index in [0.29, 0.717) is 0 Å². The van der Waals surface area contributed by atoms with Crippen LogP contribution >= 0.6 is 11.9 Å². The average Bonchev–Trinajstić information content (AvgIpc) is 1.96. The van der Waals surface area contributed by atoms with Crippen LogP contribution in [-0.4, -0.2) is 30.3 Å². The summed E-state index contributed by atoms with van der Waals surface area (Å²) in [6.07, 6.45) is 5.05. The van der Waals surface area contributed by atoms with Gasteiger partial charge in [-0.15, -0.1) is 0 Å². The molecule has 0 atom stereocenters. The molecular formula is C8H18NS+. The molecule has 0 bridgehead atoms. The Hall–Kier alpha value is 0.310. The molecule has 0 spiro atoms. The van der Waals surface area contributed by atoms with E-state index in [4.69, 9.17) is 0 Å². The molecule has 0 amide bonds. The fraction of sp³-hybridized carbons (Fsp3) is 1.00. The van der Waals surface area contributed by atoms with Crippen molar-refractivity contribution in [3.8, 4) is 0 Å². The molecule has 2 heteroatoms. The molecule has 1 fully saturated rings. The van der Waals surface area contributed by atoms with Gasteiger partial charge in [-0.25, -0.2) is 0 Å². The van der Waals surface area contributed by atoms with Gasteiger partial charge in [0.2, 0.25) is 0 Å². The summed E-state index contributed by atoms with van der Waals surface area (Å²) in [7, 11) is 2.34. The summed E-state index contributed by atoms with van der Waals surface area (Å²) in [5.74, 6) is 0.971. The van der Waals surface area contributed by atoms with E-state index in [1.54, 1.807) is 0 Å². The fourth-order valence-corrected chi connectivity index (χ4v) is 2.00. The maximum atomic E-state index is 2.36. The van der Waals surface area contributed by atoms with E-state index in [2.05, 4.69) is 20.2 Å². The van der Waals surface area contributed by atoms with E-state index in [9.17, 15) is 0 Å². The van der Waals surface area contributed by atoms with Crippen LogP contribution in [0, 0.1) is 5.92 Å². The maximum absolute atomic E-state index is 2.36.